The Morgan fingerprint density at radius 1 is 1.60 bits per heavy atom. The van der Waals surface area contributed by atoms with Gasteiger partial charge in [-0.05, 0) is 19.4 Å². The molecule has 0 radical (unpaired) electrons. The molecule has 0 saturated heterocycles. The van der Waals surface area contributed by atoms with E-state index in [1.807, 2.05) is 29.8 Å². The van der Waals surface area contributed by atoms with Crippen molar-refractivity contribution in [3.05, 3.63) is 36.2 Å². The number of hydrogen-bond donors (Lipinski definition) is 2. The first kappa shape index (κ1) is 9.71. The molecule has 0 aliphatic rings. The molecule has 2 N–H and O–H groups in total. The average molecular weight is 202 g/mol. The highest BCUT2D eigenvalue weighted by Gasteiger charge is 2.01. The van der Waals surface area contributed by atoms with Crippen molar-refractivity contribution in [1.82, 2.24) is 14.5 Å². The van der Waals surface area contributed by atoms with Gasteiger partial charge < -0.3 is 9.55 Å². The topological polar surface area (TPSA) is 57.5 Å². The van der Waals surface area contributed by atoms with Crippen LogP contribution < -0.4 is 5.49 Å². The van der Waals surface area contributed by atoms with Crippen molar-refractivity contribution >= 4 is 11.0 Å². The Kier molecular flexibility index (Phi) is 2.67. The minimum absolute atomic E-state index is 0.327. The van der Waals surface area contributed by atoms with Crippen LogP contribution in [0.15, 0.2) is 30.7 Å². The van der Waals surface area contributed by atoms with Gasteiger partial charge in [0.2, 0.25) is 0 Å². The first-order valence-corrected chi connectivity index (χ1v) is 5.01. The summed E-state index contributed by atoms with van der Waals surface area (Å²) in [6.07, 6.45) is 8.70. The van der Waals surface area contributed by atoms with Crippen LogP contribution in [0.1, 0.15) is 13.3 Å². The summed E-state index contributed by atoms with van der Waals surface area (Å²) in [6, 6.07) is 1.89. The summed E-state index contributed by atoms with van der Waals surface area (Å²) in [7, 11) is 0. The molecule has 4 heteroatoms. The van der Waals surface area contributed by atoms with Crippen molar-refractivity contribution in [3.63, 3.8) is 0 Å². The lowest BCUT2D eigenvalue weighted by molar-refractivity contribution is 0.705. The van der Waals surface area contributed by atoms with Gasteiger partial charge in [0.05, 0.1) is 11.7 Å². The van der Waals surface area contributed by atoms with E-state index < -0.39 is 0 Å². The van der Waals surface area contributed by atoms with Crippen LogP contribution >= 0.6 is 0 Å². The van der Waals surface area contributed by atoms with Crippen LogP contribution in [0.2, 0.25) is 0 Å². The molecule has 2 heterocycles. The average Bonchev–Trinajstić information content (AvgIpc) is 2.71. The molecule has 78 valence electrons. The molecule has 0 amide bonds. The van der Waals surface area contributed by atoms with Gasteiger partial charge in [-0.25, -0.2) is 4.98 Å². The van der Waals surface area contributed by atoms with Crippen molar-refractivity contribution in [1.29, 1.82) is 5.41 Å². The van der Waals surface area contributed by atoms with Crippen LogP contribution in [0.5, 0.6) is 0 Å². The van der Waals surface area contributed by atoms with Gasteiger partial charge in [0.15, 0.2) is 5.49 Å². The predicted molar refractivity (Wildman–Crippen MR) is 59.4 cm³/mol. The normalized spacial score (nSPS) is 11.5. The molecule has 0 bridgehead atoms. The fourth-order valence-electron chi connectivity index (χ4n) is 1.59. The van der Waals surface area contributed by atoms with E-state index >= 15 is 0 Å². The lowest BCUT2D eigenvalue weighted by atomic mass is 10.3. The second kappa shape index (κ2) is 4.13. The summed E-state index contributed by atoms with van der Waals surface area (Å²) in [5.74, 6) is 0. The summed E-state index contributed by atoms with van der Waals surface area (Å²) in [4.78, 5) is 7.18. The Hall–Kier alpha value is -1.84. The molecule has 0 fully saturated rings. The van der Waals surface area contributed by atoms with Gasteiger partial charge in [-0.2, -0.15) is 0 Å². The highest BCUT2D eigenvalue weighted by Crippen LogP contribution is 2.06. The van der Waals surface area contributed by atoms with Crippen LogP contribution in [0.3, 0.4) is 0 Å². The number of hydrogen-bond acceptors (Lipinski definition) is 2. The van der Waals surface area contributed by atoms with Gasteiger partial charge in [-0.15, -0.1) is 0 Å². The number of nitrogens with zero attached hydrogens (tertiary/aromatic N) is 2. The van der Waals surface area contributed by atoms with E-state index in [0.29, 0.717) is 5.49 Å². The van der Waals surface area contributed by atoms with Crippen molar-refractivity contribution in [2.24, 2.45) is 0 Å². The number of aromatic amines is 1. The van der Waals surface area contributed by atoms with E-state index in [1.165, 1.54) is 0 Å². The standard InChI is InChI=1S/C11H14N4/c1-2-3-4-7-15-8-14-10(12)9-5-6-13-11(9)15/h2-3,5-6,8,12-13H,4,7H2,1H3/b3-2-,12-10?. The smallest absolute Gasteiger partial charge is 0.157 e. The van der Waals surface area contributed by atoms with E-state index in [0.717, 1.165) is 24.0 Å². The number of aromatic nitrogens is 3. The third-order valence-corrected chi connectivity index (χ3v) is 2.37. The van der Waals surface area contributed by atoms with Crippen molar-refractivity contribution < 1.29 is 0 Å². The quantitative estimate of drug-likeness (QED) is 0.733. The number of aryl methyl sites for hydroxylation is 1. The summed E-state index contributed by atoms with van der Waals surface area (Å²) in [5, 5.41) is 8.50. The van der Waals surface area contributed by atoms with Gasteiger partial charge in [0.1, 0.15) is 5.65 Å². The lowest BCUT2D eigenvalue weighted by Crippen LogP contribution is -2.11. The Balaban J connectivity index is 2.39. The van der Waals surface area contributed by atoms with Crippen LogP contribution in [0, 0.1) is 5.41 Å². The maximum atomic E-state index is 7.63. The zero-order chi connectivity index (χ0) is 10.7. The Bertz CT molecular complexity index is 533. The fraction of sp³-hybridized carbons (Fsp3) is 0.273. The minimum atomic E-state index is 0.327. The second-order valence-corrected chi connectivity index (χ2v) is 3.38. The Morgan fingerprint density at radius 3 is 3.27 bits per heavy atom. The summed E-state index contributed by atoms with van der Waals surface area (Å²) >= 11 is 0. The number of fused-ring (bicyclic) bond motifs is 1. The van der Waals surface area contributed by atoms with Crippen molar-refractivity contribution in [2.75, 3.05) is 0 Å². The molecule has 0 spiro atoms. The molecule has 2 rings (SSSR count). The van der Waals surface area contributed by atoms with E-state index in [2.05, 4.69) is 16.0 Å². The first-order valence-electron chi connectivity index (χ1n) is 5.01. The molecule has 0 atom stereocenters. The lowest BCUT2D eigenvalue weighted by Gasteiger charge is -2.05. The van der Waals surface area contributed by atoms with Crippen LogP contribution in [-0.2, 0) is 6.54 Å². The maximum Gasteiger partial charge on any atom is 0.157 e. The Labute approximate surface area is 87.8 Å². The SMILES string of the molecule is C/C=C\CCn1cnc(=N)c2cc[nH]c21. The number of nitrogens with one attached hydrogen (secondary N) is 2. The molecule has 0 aliphatic heterocycles. The molecule has 2 aromatic heterocycles. The fourth-order valence-corrected chi connectivity index (χ4v) is 1.59. The molecule has 4 nitrogen and oxygen atoms in total. The molecule has 2 aromatic rings. The predicted octanol–water partition coefficient (Wildman–Crippen LogP) is 1.81. The van der Waals surface area contributed by atoms with Crippen molar-refractivity contribution in [3.8, 4) is 0 Å². The molecule has 15 heavy (non-hydrogen) atoms. The highest BCUT2D eigenvalue weighted by atomic mass is 15.1. The van der Waals surface area contributed by atoms with E-state index in [4.69, 9.17) is 5.41 Å². The molecule has 0 unspecified atom stereocenters. The number of H-pyrrole nitrogens is 1. The zero-order valence-corrected chi connectivity index (χ0v) is 8.70. The van der Waals surface area contributed by atoms with Gasteiger partial charge in [0, 0.05) is 12.7 Å². The van der Waals surface area contributed by atoms with E-state index in [1.54, 1.807) is 6.33 Å². The summed E-state index contributed by atoms with van der Waals surface area (Å²) in [6.45, 7) is 2.90. The van der Waals surface area contributed by atoms with Crippen LogP contribution in [-0.4, -0.2) is 14.5 Å². The molecule has 0 aromatic carbocycles. The molecular weight excluding hydrogens is 188 g/mol. The monoisotopic (exact) mass is 202 g/mol. The maximum absolute atomic E-state index is 7.63. The van der Waals surface area contributed by atoms with Gasteiger partial charge >= 0.3 is 0 Å². The van der Waals surface area contributed by atoms with Crippen molar-refractivity contribution in [2.45, 2.75) is 19.9 Å². The molecule has 0 saturated carbocycles. The van der Waals surface area contributed by atoms with Gasteiger partial charge in [-0.1, -0.05) is 12.2 Å². The largest absolute Gasteiger partial charge is 0.347 e. The summed E-state index contributed by atoms with van der Waals surface area (Å²) < 4.78 is 2.04. The molecular formula is C11H14N4. The second-order valence-electron chi connectivity index (χ2n) is 3.38. The van der Waals surface area contributed by atoms with Crippen LogP contribution in [0.4, 0.5) is 0 Å². The van der Waals surface area contributed by atoms with Crippen LogP contribution in [0.25, 0.3) is 11.0 Å². The highest BCUT2D eigenvalue weighted by molar-refractivity contribution is 5.73. The number of rotatable bonds is 3. The first-order chi connectivity index (χ1) is 7.33. The molecule has 0 aliphatic carbocycles. The third kappa shape index (κ3) is 1.83. The number of allylic oxidation sites excluding steroid dienone is 2. The van der Waals surface area contributed by atoms with Gasteiger partial charge in [-0.3, -0.25) is 5.41 Å². The summed E-state index contributed by atoms with van der Waals surface area (Å²) in [5.41, 5.74) is 1.30. The van der Waals surface area contributed by atoms with Gasteiger partial charge in [0.25, 0.3) is 0 Å². The minimum Gasteiger partial charge on any atom is -0.347 e. The van der Waals surface area contributed by atoms with E-state index in [-0.39, 0.29) is 0 Å². The Morgan fingerprint density at radius 2 is 2.47 bits per heavy atom. The zero-order valence-electron chi connectivity index (χ0n) is 8.70. The van der Waals surface area contributed by atoms with E-state index in [9.17, 15) is 0 Å². The third-order valence-electron chi connectivity index (χ3n) is 2.37.